The monoisotopic (exact) mass is 512 g/mol. The Morgan fingerprint density at radius 2 is 2.00 bits per heavy atom. The lowest BCUT2D eigenvalue weighted by atomic mass is 9.85. The van der Waals surface area contributed by atoms with E-state index in [1.165, 1.54) is 6.07 Å². The smallest absolute Gasteiger partial charge is 0.224 e. The molecule has 0 saturated heterocycles. The first-order chi connectivity index (χ1) is 17.3. The number of nitrogens with two attached hydrogens (primary N) is 1. The van der Waals surface area contributed by atoms with Crippen LogP contribution in [0.3, 0.4) is 0 Å². The summed E-state index contributed by atoms with van der Waals surface area (Å²) in [7, 11) is 0. The third-order valence-electron chi connectivity index (χ3n) is 7.04. The highest BCUT2D eigenvalue weighted by molar-refractivity contribution is 6.33. The summed E-state index contributed by atoms with van der Waals surface area (Å²) >= 11 is 6.29. The average molecular weight is 513 g/mol. The summed E-state index contributed by atoms with van der Waals surface area (Å²) in [6, 6.07) is 4.39. The van der Waals surface area contributed by atoms with Crippen molar-refractivity contribution >= 4 is 46.3 Å². The Balaban J connectivity index is 1.53. The summed E-state index contributed by atoms with van der Waals surface area (Å²) in [6.45, 7) is 0. The van der Waals surface area contributed by atoms with Gasteiger partial charge in [0.2, 0.25) is 17.8 Å². The molecule has 2 saturated carbocycles. The van der Waals surface area contributed by atoms with Crippen molar-refractivity contribution in [1.29, 1.82) is 5.26 Å². The number of carbonyl (C=O) groups is 1. The molecule has 5 N–H and O–H groups in total. The van der Waals surface area contributed by atoms with Gasteiger partial charge in [0.1, 0.15) is 11.3 Å². The summed E-state index contributed by atoms with van der Waals surface area (Å²) in [4.78, 5) is 25.4. The molecule has 0 aliphatic heterocycles. The lowest BCUT2D eigenvalue weighted by Crippen LogP contribution is -2.29. The number of benzene rings is 1. The fraction of sp³-hybridized carbons (Fsp3) is 0.458. The van der Waals surface area contributed by atoms with E-state index in [0.29, 0.717) is 55.2 Å². The van der Waals surface area contributed by atoms with Gasteiger partial charge in [0.25, 0.3) is 0 Å². The maximum absolute atomic E-state index is 14.8. The lowest BCUT2D eigenvalue weighted by Gasteiger charge is -2.29. The number of hydrogen-bond acceptors (Lipinski definition) is 8. The summed E-state index contributed by atoms with van der Waals surface area (Å²) in [5.74, 6) is -0.411. The number of rotatable bonds is 6. The number of hydrogen-bond donors (Lipinski definition) is 4. The van der Waals surface area contributed by atoms with Crippen LogP contribution in [-0.2, 0) is 4.79 Å². The Kier molecular flexibility index (Phi) is 6.64. The summed E-state index contributed by atoms with van der Waals surface area (Å²) < 4.78 is 16.7. The molecule has 2 atom stereocenters. The van der Waals surface area contributed by atoms with Gasteiger partial charge in [-0.2, -0.15) is 10.2 Å². The number of halogens is 2. The van der Waals surface area contributed by atoms with E-state index < -0.39 is 5.82 Å². The highest BCUT2D eigenvalue weighted by Crippen LogP contribution is 2.38. The third-order valence-corrected chi connectivity index (χ3v) is 7.34. The van der Waals surface area contributed by atoms with Crippen LogP contribution in [0.2, 0.25) is 5.02 Å². The molecule has 0 bridgehead atoms. The van der Waals surface area contributed by atoms with E-state index in [-0.39, 0.29) is 46.3 Å². The predicted molar refractivity (Wildman–Crippen MR) is 132 cm³/mol. The van der Waals surface area contributed by atoms with Crippen molar-refractivity contribution in [3.05, 3.63) is 34.7 Å². The summed E-state index contributed by atoms with van der Waals surface area (Å²) in [5, 5.41) is 25.3. The van der Waals surface area contributed by atoms with E-state index >= 15 is 0 Å². The molecule has 0 radical (unpaired) electrons. The number of primary amides is 1. The first kappa shape index (κ1) is 24.2. The molecule has 12 heteroatoms. The van der Waals surface area contributed by atoms with Gasteiger partial charge in [-0.15, -0.1) is 0 Å². The van der Waals surface area contributed by atoms with Gasteiger partial charge in [0, 0.05) is 18.0 Å². The first-order valence-electron chi connectivity index (χ1n) is 12.0. The number of amides is 1. The van der Waals surface area contributed by atoms with E-state index in [1.807, 2.05) is 10.6 Å². The molecule has 3 aromatic rings. The number of carbonyl (C=O) groups excluding carboxylic acids is 1. The van der Waals surface area contributed by atoms with E-state index in [0.717, 1.165) is 18.9 Å². The predicted octanol–water partition coefficient (Wildman–Crippen LogP) is 3.78. The van der Waals surface area contributed by atoms with Gasteiger partial charge in [-0.1, -0.05) is 11.6 Å². The molecule has 5 rings (SSSR count). The Bertz CT molecular complexity index is 1320. The first-order valence-corrected chi connectivity index (χ1v) is 12.3. The Morgan fingerprint density at radius 1 is 1.22 bits per heavy atom. The van der Waals surface area contributed by atoms with Crippen LogP contribution in [-0.4, -0.2) is 42.7 Å². The number of nitrogens with zero attached hydrogens (tertiary/aromatic N) is 5. The molecular formula is C24H26ClFN8O2. The number of nitriles is 1. The minimum absolute atomic E-state index is 0.00398. The number of aliphatic hydroxyl groups excluding tert-OH is 1. The molecule has 2 aliphatic rings. The fourth-order valence-corrected chi connectivity index (χ4v) is 5.41. The van der Waals surface area contributed by atoms with Crippen LogP contribution < -0.4 is 16.4 Å². The summed E-state index contributed by atoms with van der Waals surface area (Å²) in [6.07, 6.45) is 6.03. The molecule has 10 nitrogen and oxygen atoms in total. The molecule has 2 aliphatic carbocycles. The Hall–Kier alpha value is -3.49. The Morgan fingerprint density at radius 3 is 2.64 bits per heavy atom. The van der Waals surface area contributed by atoms with Crippen LogP contribution in [0.1, 0.15) is 56.6 Å². The molecule has 1 aromatic carbocycles. The second-order valence-corrected chi connectivity index (χ2v) is 9.88. The minimum atomic E-state index is -0.677. The number of aliphatic hydroxyl groups is 1. The zero-order valence-electron chi connectivity index (χ0n) is 19.4. The van der Waals surface area contributed by atoms with Crippen LogP contribution in [0.4, 0.5) is 22.0 Å². The van der Waals surface area contributed by atoms with Crippen molar-refractivity contribution in [2.45, 2.75) is 63.1 Å². The SMILES string of the molecule is N#Cc1cc(F)c(Nc2nc3cnc(N[C@@H]4CCC(O)C4)nc3n2C2CCC(C(N)=O)CC2)c(Cl)c1. The topological polar surface area (TPSA) is 155 Å². The highest BCUT2D eigenvalue weighted by atomic mass is 35.5. The van der Waals surface area contributed by atoms with E-state index in [2.05, 4.69) is 20.6 Å². The van der Waals surface area contributed by atoms with Crippen LogP contribution in [0.5, 0.6) is 0 Å². The van der Waals surface area contributed by atoms with Gasteiger partial charge in [0.15, 0.2) is 5.65 Å². The largest absolute Gasteiger partial charge is 0.393 e. The number of aromatic nitrogens is 4. The van der Waals surface area contributed by atoms with Crippen molar-refractivity contribution in [1.82, 2.24) is 19.5 Å². The van der Waals surface area contributed by atoms with Gasteiger partial charge < -0.3 is 21.5 Å². The van der Waals surface area contributed by atoms with Gasteiger partial charge in [0.05, 0.1) is 34.6 Å². The third kappa shape index (κ3) is 4.79. The fourth-order valence-electron chi connectivity index (χ4n) is 5.15. The van der Waals surface area contributed by atoms with Crippen LogP contribution >= 0.6 is 11.6 Å². The number of fused-ring (bicyclic) bond motifs is 1. The molecule has 2 heterocycles. The van der Waals surface area contributed by atoms with Crippen LogP contribution in [0.15, 0.2) is 18.3 Å². The number of imidazole rings is 1. The van der Waals surface area contributed by atoms with Crippen molar-refractivity contribution in [3.8, 4) is 6.07 Å². The van der Waals surface area contributed by atoms with E-state index in [4.69, 9.17) is 27.6 Å². The zero-order chi connectivity index (χ0) is 25.4. The van der Waals surface area contributed by atoms with Crippen molar-refractivity contribution in [2.75, 3.05) is 10.6 Å². The zero-order valence-corrected chi connectivity index (χ0v) is 20.2. The molecule has 2 fully saturated rings. The molecule has 188 valence electrons. The standard InChI is InChI=1S/C24H26ClFN8O2/c25-17-7-12(10-27)8-18(26)20(17)32-24-31-19-11-29-23(30-14-3-6-16(35)9-14)33-22(19)34(24)15-4-1-13(2-5-15)21(28)36/h7-8,11,13-16,35H,1-6,9H2,(H2,28,36)(H,31,32)(H,29,30,33)/t13?,14-,15?,16?/m1/s1. The molecule has 2 aromatic heterocycles. The molecular weight excluding hydrogens is 487 g/mol. The molecule has 1 unspecified atom stereocenters. The second-order valence-electron chi connectivity index (χ2n) is 9.48. The minimum Gasteiger partial charge on any atom is -0.393 e. The molecule has 36 heavy (non-hydrogen) atoms. The van der Waals surface area contributed by atoms with Crippen molar-refractivity contribution < 1.29 is 14.3 Å². The van der Waals surface area contributed by atoms with Gasteiger partial charge >= 0.3 is 0 Å². The normalized spacial score (nSPS) is 23.9. The second kappa shape index (κ2) is 9.87. The number of anilines is 3. The molecule has 1 amide bonds. The Labute approximate surface area is 211 Å². The number of nitrogens with one attached hydrogen (secondary N) is 2. The van der Waals surface area contributed by atoms with Crippen LogP contribution in [0.25, 0.3) is 11.2 Å². The highest BCUT2D eigenvalue weighted by Gasteiger charge is 2.30. The van der Waals surface area contributed by atoms with Crippen molar-refractivity contribution in [2.24, 2.45) is 11.7 Å². The maximum Gasteiger partial charge on any atom is 0.224 e. The van der Waals surface area contributed by atoms with E-state index in [1.54, 1.807) is 6.20 Å². The molecule has 0 spiro atoms. The van der Waals surface area contributed by atoms with Crippen molar-refractivity contribution in [3.63, 3.8) is 0 Å². The van der Waals surface area contributed by atoms with Gasteiger partial charge in [-0.25, -0.2) is 14.4 Å². The maximum atomic E-state index is 14.8. The summed E-state index contributed by atoms with van der Waals surface area (Å²) in [5.41, 5.74) is 6.70. The van der Waals surface area contributed by atoms with Gasteiger partial charge in [-0.3, -0.25) is 9.36 Å². The van der Waals surface area contributed by atoms with Gasteiger partial charge in [-0.05, 0) is 57.1 Å². The average Bonchev–Trinajstić information content (AvgIpc) is 3.43. The lowest BCUT2D eigenvalue weighted by molar-refractivity contribution is -0.122. The quantitative estimate of drug-likeness (QED) is 0.389. The van der Waals surface area contributed by atoms with E-state index in [9.17, 15) is 14.3 Å². The van der Waals surface area contributed by atoms with Crippen LogP contribution in [0, 0.1) is 23.1 Å².